The SMILES string of the molecule is Cc1ccc(-c2nnc(S[C@H](C)C(=O)NCC3CCCCC3)n2N)cc1. The number of carbonyl (C=O) groups is 1. The van der Waals surface area contributed by atoms with Crippen molar-refractivity contribution in [2.45, 2.75) is 56.4 Å². The summed E-state index contributed by atoms with van der Waals surface area (Å²) in [5.41, 5.74) is 2.08. The van der Waals surface area contributed by atoms with Gasteiger partial charge in [0, 0.05) is 12.1 Å². The average molecular weight is 374 g/mol. The highest BCUT2D eigenvalue weighted by atomic mass is 32.2. The van der Waals surface area contributed by atoms with E-state index in [1.807, 2.05) is 38.1 Å². The molecule has 1 amide bonds. The number of carbonyl (C=O) groups excluding carboxylic acids is 1. The van der Waals surface area contributed by atoms with Gasteiger partial charge in [0.25, 0.3) is 0 Å². The van der Waals surface area contributed by atoms with Crippen LogP contribution >= 0.6 is 11.8 Å². The van der Waals surface area contributed by atoms with Gasteiger partial charge in [-0.3, -0.25) is 4.79 Å². The zero-order chi connectivity index (χ0) is 18.5. The lowest BCUT2D eigenvalue weighted by Crippen LogP contribution is -2.35. The van der Waals surface area contributed by atoms with Crippen LogP contribution in [0.4, 0.5) is 0 Å². The summed E-state index contributed by atoms with van der Waals surface area (Å²) < 4.78 is 1.46. The molecule has 6 nitrogen and oxygen atoms in total. The van der Waals surface area contributed by atoms with Crippen LogP contribution in [0.15, 0.2) is 29.4 Å². The molecule has 1 saturated carbocycles. The molecule has 140 valence electrons. The maximum Gasteiger partial charge on any atom is 0.233 e. The first-order valence-electron chi connectivity index (χ1n) is 9.26. The lowest BCUT2D eigenvalue weighted by molar-refractivity contribution is -0.120. The van der Waals surface area contributed by atoms with Crippen molar-refractivity contribution >= 4 is 17.7 Å². The standard InChI is InChI=1S/C19H27N5OS/c1-13-8-10-16(11-9-13)17-22-23-19(24(17)20)26-14(2)18(25)21-12-15-6-4-3-5-7-15/h8-11,14-15H,3-7,12,20H2,1-2H3,(H,21,25)/t14-/m1/s1. The second-order valence-corrected chi connectivity index (χ2v) is 8.36. The average Bonchev–Trinajstić information content (AvgIpc) is 3.01. The molecular formula is C19H27N5OS. The Bertz CT molecular complexity index is 737. The molecular weight excluding hydrogens is 346 g/mol. The Morgan fingerprint density at radius 3 is 2.65 bits per heavy atom. The van der Waals surface area contributed by atoms with Crippen molar-refractivity contribution in [3.63, 3.8) is 0 Å². The van der Waals surface area contributed by atoms with Crippen molar-refractivity contribution in [3.8, 4) is 11.4 Å². The molecule has 1 aromatic carbocycles. The van der Waals surface area contributed by atoms with Crippen LogP contribution in [-0.2, 0) is 4.79 Å². The lowest BCUT2D eigenvalue weighted by atomic mass is 9.89. The molecule has 0 bridgehead atoms. The maximum absolute atomic E-state index is 12.4. The maximum atomic E-state index is 12.4. The van der Waals surface area contributed by atoms with Crippen molar-refractivity contribution in [1.82, 2.24) is 20.2 Å². The van der Waals surface area contributed by atoms with Gasteiger partial charge < -0.3 is 11.2 Å². The summed E-state index contributed by atoms with van der Waals surface area (Å²) in [4.78, 5) is 12.4. The monoisotopic (exact) mass is 373 g/mol. The summed E-state index contributed by atoms with van der Waals surface area (Å²) in [7, 11) is 0. The number of nitrogens with zero attached hydrogens (tertiary/aromatic N) is 3. The van der Waals surface area contributed by atoms with Gasteiger partial charge in [0.15, 0.2) is 5.82 Å². The fourth-order valence-electron chi connectivity index (χ4n) is 3.25. The highest BCUT2D eigenvalue weighted by Crippen LogP contribution is 2.26. The Morgan fingerprint density at radius 1 is 1.27 bits per heavy atom. The molecule has 26 heavy (non-hydrogen) atoms. The van der Waals surface area contributed by atoms with Gasteiger partial charge in [-0.2, -0.15) is 0 Å². The molecule has 1 atom stereocenters. The van der Waals surface area contributed by atoms with E-state index in [2.05, 4.69) is 15.5 Å². The molecule has 2 aromatic rings. The van der Waals surface area contributed by atoms with Gasteiger partial charge in [-0.25, -0.2) is 4.68 Å². The summed E-state index contributed by atoms with van der Waals surface area (Å²) in [6.07, 6.45) is 6.33. The number of nitrogen functional groups attached to an aromatic ring is 1. The van der Waals surface area contributed by atoms with Crippen LogP contribution in [-0.4, -0.2) is 32.6 Å². The van der Waals surface area contributed by atoms with E-state index in [1.54, 1.807) is 0 Å². The zero-order valence-corrected chi connectivity index (χ0v) is 16.3. The van der Waals surface area contributed by atoms with Gasteiger partial charge >= 0.3 is 0 Å². The highest BCUT2D eigenvalue weighted by molar-refractivity contribution is 8.00. The molecule has 1 aliphatic rings. The number of amides is 1. The first-order chi connectivity index (χ1) is 12.5. The van der Waals surface area contributed by atoms with Crippen LogP contribution in [0.25, 0.3) is 11.4 Å². The third-order valence-electron chi connectivity index (χ3n) is 4.92. The molecule has 1 heterocycles. The van der Waals surface area contributed by atoms with E-state index < -0.39 is 0 Å². The first kappa shape index (κ1) is 18.8. The van der Waals surface area contributed by atoms with E-state index in [0.29, 0.717) is 16.9 Å². The molecule has 0 unspecified atom stereocenters. The third kappa shape index (κ3) is 4.58. The Hall–Kier alpha value is -2.02. The summed E-state index contributed by atoms with van der Waals surface area (Å²) in [6.45, 7) is 4.68. The zero-order valence-electron chi connectivity index (χ0n) is 15.4. The van der Waals surface area contributed by atoms with E-state index in [4.69, 9.17) is 5.84 Å². The van der Waals surface area contributed by atoms with Gasteiger partial charge in [-0.15, -0.1) is 10.2 Å². The number of aryl methyl sites for hydroxylation is 1. The van der Waals surface area contributed by atoms with E-state index in [-0.39, 0.29) is 11.2 Å². The van der Waals surface area contributed by atoms with E-state index in [9.17, 15) is 4.79 Å². The number of hydrogen-bond acceptors (Lipinski definition) is 5. The molecule has 0 aliphatic heterocycles. The Morgan fingerprint density at radius 2 is 1.96 bits per heavy atom. The fraction of sp³-hybridized carbons (Fsp3) is 0.526. The number of rotatable bonds is 6. The minimum atomic E-state index is -0.268. The predicted octanol–water partition coefficient (Wildman–Crippen LogP) is 3.14. The van der Waals surface area contributed by atoms with Crippen molar-refractivity contribution in [2.24, 2.45) is 5.92 Å². The summed E-state index contributed by atoms with van der Waals surface area (Å²) >= 11 is 1.34. The molecule has 1 fully saturated rings. The number of benzene rings is 1. The Labute approximate surface area is 158 Å². The molecule has 3 N–H and O–H groups in total. The second-order valence-electron chi connectivity index (χ2n) is 7.05. The van der Waals surface area contributed by atoms with Crippen LogP contribution in [0.3, 0.4) is 0 Å². The topological polar surface area (TPSA) is 85.8 Å². The number of thioether (sulfide) groups is 1. The molecule has 3 rings (SSSR count). The smallest absolute Gasteiger partial charge is 0.233 e. The Kier molecular flexibility index (Phi) is 6.19. The number of nitrogens with one attached hydrogen (secondary N) is 1. The number of nitrogens with two attached hydrogens (primary N) is 1. The third-order valence-corrected chi connectivity index (χ3v) is 5.97. The van der Waals surface area contributed by atoms with Gasteiger partial charge in [0.2, 0.25) is 11.1 Å². The van der Waals surface area contributed by atoms with E-state index in [1.165, 1.54) is 54.1 Å². The van der Waals surface area contributed by atoms with Gasteiger partial charge in [-0.1, -0.05) is 60.9 Å². The van der Waals surface area contributed by atoms with Crippen molar-refractivity contribution in [2.75, 3.05) is 12.4 Å². The fourth-order valence-corrected chi connectivity index (χ4v) is 4.04. The van der Waals surface area contributed by atoms with Crippen LogP contribution in [0.2, 0.25) is 0 Å². The van der Waals surface area contributed by atoms with Gasteiger partial charge in [0.05, 0.1) is 5.25 Å². The van der Waals surface area contributed by atoms with Crippen molar-refractivity contribution in [1.29, 1.82) is 0 Å². The van der Waals surface area contributed by atoms with E-state index in [0.717, 1.165) is 12.1 Å². The van der Waals surface area contributed by atoms with Gasteiger partial charge in [0.1, 0.15) is 0 Å². The first-order valence-corrected chi connectivity index (χ1v) is 10.1. The molecule has 7 heteroatoms. The summed E-state index contributed by atoms with van der Waals surface area (Å²) in [5, 5.41) is 11.7. The molecule has 1 aliphatic carbocycles. The molecule has 1 aromatic heterocycles. The quantitative estimate of drug-likeness (QED) is 0.600. The minimum absolute atomic E-state index is 0.0282. The number of aromatic nitrogens is 3. The molecule has 0 spiro atoms. The van der Waals surface area contributed by atoms with E-state index >= 15 is 0 Å². The van der Waals surface area contributed by atoms with Gasteiger partial charge in [-0.05, 0) is 32.6 Å². The number of hydrogen-bond donors (Lipinski definition) is 2. The molecule has 0 radical (unpaired) electrons. The lowest BCUT2D eigenvalue weighted by Gasteiger charge is -2.22. The summed E-state index contributed by atoms with van der Waals surface area (Å²) in [6, 6.07) is 7.96. The Balaban J connectivity index is 1.57. The van der Waals surface area contributed by atoms with Crippen molar-refractivity contribution in [3.05, 3.63) is 29.8 Å². The normalized spacial score (nSPS) is 16.4. The van der Waals surface area contributed by atoms with Crippen molar-refractivity contribution < 1.29 is 4.79 Å². The summed E-state index contributed by atoms with van der Waals surface area (Å²) in [5.74, 6) is 7.40. The van der Waals surface area contributed by atoms with Crippen LogP contribution in [0.1, 0.15) is 44.6 Å². The van der Waals surface area contributed by atoms with Crippen LogP contribution in [0.5, 0.6) is 0 Å². The highest BCUT2D eigenvalue weighted by Gasteiger charge is 2.21. The molecule has 0 saturated heterocycles. The predicted molar refractivity (Wildman–Crippen MR) is 105 cm³/mol. The van der Waals surface area contributed by atoms with Crippen LogP contribution < -0.4 is 11.2 Å². The largest absolute Gasteiger partial charge is 0.355 e. The second kappa shape index (κ2) is 8.58. The minimum Gasteiger partial charge on any atom is -0.355 e. The van der Waals surface area contributed by atoms with Crippen LogP contribution in [0, 0.1) is 12.8 Å².